The molecule has 1 amide bonds. The molecule has 0 saturated heterocycles. The summed E-state index contributed by atoms with van der Waals surface area (Å²) in [5, 5.41) is 15.2. The van der Waals surface area contributed by atoms with Crippen molar-refractivity contribution in [3.05, 3.63) is 36.0 Å². The normalized spacial score (nSPS) is 20.4. The van der Waals surface area contributed by atoms with Gasteiger partial charge < -0.3 is 20.1 Å². The van der Waals surface area contributed by atoms with E-state index in [-0.39, 0.29) is 23.6 Å². The zero-order chi connectivity index (χ0) is 17.5. The number of benzene rings is 1. The summed E-state index contributed by atoms with van der Waals surface area (Å²) in [6.07, 6.45) is 6.76. The van der Waals surface area contributed by atoms with Gasteiger partial charge in [0.05, 0.1) is 6.54 Å². The molecule has 1 aliphatic carbocycles. The Balaban J connectivity index is 1.48. The molecule has 0 radical (unpaired) electrons. The summed E-state index contributed by atoms with van der Waals surface area (Å²) in [5.74, 6) is 1.13. The van der Waals surface area contributed by atoms with Crippen LogP contribution in [0.1, 0.15) is 32.1 Å². The summed E-state index contributed by atoms with van der Waals surface area (Å²) in [6.45, 7) is 0.879. The third-order valence-corrected chi connectivity index (χ3v) is 4.46. The van der Waals surface area contributed by atoms with Gasteiger partial charge in [0.2, 0.25) is 0 Å². The average molecular weight is 341 g/mol. The first-order valence-corrected chi connectivity index (χ1v) is 8.79. The molecule has 1 saturated carbocycles. The molecule has 6 nitrogen and oxygen atoms in total. The van der Waals surface area contributed by atoms with Crippen molar-refractivity contribution in [3.8, 4) is 17.6 Å². The third kappa shape index (κ3) is 4.66. The van der Waals surface area contributed by atoms with E-state index in [4.69, 9.17) is 9.47 Å². The van der Waals surface area contributed by atoms with Crippen molar-refractivity contribution in [1.82, 2.24) is 10.6 Å². The molecular weight excluding hydrogens is 318 g/mol. The summed E-state index contributed by atoms with van der Waals surface area (Å²) in [5.41, 5.74) is 0.0858. The number of para-hydroxylation sites is 2. The predicted molar refractivity (Wildman–Crippen MR) is 93.1 cm³/mol. The summed E-state index contributed by atoms with van der Waals surface area (Å²) in [7, 11) is 0. The lowest BCUT2D eigenvalue weighted by molar-refractivity contribution is -0.118. The number of ether oxygens (including phenoxy) is 2. The second kappa shape index (κ2) is 8.43. The Kier molecular flexibility index (Phi) is 5.78. The summed E-state index contributed by atoms with van der Waals surface area (Å²) in [6, 6.07) is 9.65. The van der Waals surface area contributed by atoms with Gasteiger partial charge in [-0.1, -0.05) is 31.4 Å². The lowest BCUT2D eigenvalue weighted by atomic mass is 9.95. The number of nitrogens with one attached hydrogen (secondary N) is 2. The van der Waals surface area contributed by atoms with Crippen LogP contribution >= 0.6 is 0 Å². The number of fused-ring (bicyclic) bond motifs is 1. The van der Waals surface area contributed by atoms with Crippen LogP contribution < -0.4 is 20.1 Å². The Morgan fingerprint density at radius 2 is 2.00 bits per heavy atom. The lowest BCUT2D eigenvalue weighted by Gasteiger charge is -2.26. The van der Waals surface area contributed by atoms with Gasteiger partial charge in [-0.3, -0.25) is 4.79 Å². The fraction of sp³-hybridized carbons (Fsp3) is 0.474. The fourth-order valence-electron chi connectivity index (χ4n) is 3.11. The number of nitriles is 1. The van der Waals surface area contributed by atoms with Crippen molar-refractivity contribution < 1.29 is 14.3 Å². The number of hydrogen-bond donors (Lipinski definition) is 2. The zero-order valence-corrected chi connectivity index (χ0v) is 14.2. The molecule has 1 aromatic rings. The largest absolute Gasteiger partial charge is 0.486 e. The quantitative estimate of drug-likeness (QED) is 0.634. The molecule has 0 spiro atoms. The van der Waals surface area contributed by atoms with Crippen LogP contribution in [0, 0.1) is 11.3 Å². The van der Waals surface area contributed by atoms with E-state index >= 15 is 0 Å². The number of carbonyl (C=O) groups excluding carboxylic acids is 1. The van der Waals surface area contributed by atoms with Crippen LogP contribution in [0.25, 0.3) is 0 Å². The number of rotatable bonds is 5. The molecule has 1 aromatic carbocycles. The zero-order valence-electron chi connectivity index (χ0n) is 14.2. The van der Waals surface area contributed by atoms with Gasteiger partial charge in [-0.05, 0) is 25.0 Å². The van der Waals surface area contributed by atoms with Crippen LogP contribution in [0.3, 0.4) is 0 Å². The molecule has 1 fully saturated rings. The molecule has 0 aromatic heterocycles. The molecule has 2 aliphatic rings. The molecule has 0 bridgehead atoms. The number of amides is 1. The van der Waals surface area contributed by atoms with E-state index in [9.17, 15) is 10.1 Å². The maximum atomic E-state index is 12.2. The van der Waals surface area contributed by atoms with Gasteiger partial charge in [0.15, 0.2) is 11.5 Å². The highest BCUT2D eigenvalue weighted by molar-refractivity contribution is 5.97. The minimum Gasteiger partial charge on any atom is -0.486 e. The summed E-state index contributed by atoms with van der Waals surface area (Å²) in [4.78, 5) is 12.2. The first-order chi connectivity index (χ1) is 12.3. The molecular formula is C19H23N3O3. The second-order valence-electron chi connectivity index (χ2n) is 6.38. The van der Waals surface area contributed by atoms with Crippen molar-refractivity contribution in [2.45, 2.75) is 44.2 Å². The SMILES string of the molecule is N#C/C(=C/NCC1COc2ccccc2O1)C(=O)NC1CCCCC1. The van der Waals surface area contributed by atoms with Crippen molar-refractivity contribution in [1.29, 1.82) is 5.26 Å². The fourth-order valence-corrected chi connectivity index (χ4v) is 3.11. The van der Waals surface area contributed by atoms with Gasteiger partial charge in [-0.15, -0.1) is 0 Å². The molecule has 1 heterocycles. The Morgan fingerprint density at radius 3 is 2.76 bits per heavy atom. The highest BCUT2D eigenvalue weighted by Gasteiger charge is 2.21. The van der Waals surface area contributed by atoms with Crippen LogP contribution in [0.2, 0.25) is 0 Å². The Morgan fingerprint density at radius 1 is 1.24 bits per heavy atom. The summed E-state index contributed by atoms with van der Waals surface area (Å²) < 4.78 is 11.5. The maximum absolute atomic E-state index is 12.2. The van der Waals surface area contributed by atoms with E-state index in [1.807, 2.05) is 30.3 Å². The molecule has 132 valence electrons. The van der Waals surface area contributed by atoms with Crippen molar-refractivity contribution in [2.75, 3.05) is 13.2 Å². The van der Waals surface area contributed by atoms with E-state index < -0.39 is 0 Å². The first kappa shape index (κ1) is 17.2. The first-order valence-electron chi connectivity index (χ1n) is 8.79. The smallest absolute Gasteiger partial charge is 0.263 e. The number of nitrogens with zero attached hydrogens (tertiary/aromatic N) is 1. The predicted octanol–water partition coefficient (Wildman–Crippen LogP) is 2.27. The number of carbonyl (C=O) groups is 1. The van der Waals surface area contributed by atoms with E-state index in [0.29, 0.717) is 18.9 Å². The van der Waals surface area contributed by atoms with Crippen molar-refractivity contribution in [3.63, 3.8) is 0 Å². The monoisotopic (exact) mass is 341 g/mol. The highest BCUT2D eigenvalue weighted by Crippen LogP contribution is 2.30. The van der Waals surface area contributed by atoms with Crippen molar-refractivity contribution >= 4 is 5.91 Å². The van der Waals surface area contributed by atoms with Crippen LogP contribution in [-0.4, -0.2) is 31.2 Å². The van der Waals surface area contributed by atoms with Crippen LogP contribution in [-0.2, 0) is 4.79 Å². The Labute approximate surface area is 147 Å². The Hall–Kier alpha value is -2.68. The van der Waals surface area contributed by atoms with Crippen LogP contribution in [0.4, 0.5) is 0 Å². The van der Waals surface area contributed by atoms with Crippen LogP contribution in [0.15, 0.2) is 36.0 Å². The lowest BCUT2D eigenvalue weighted by Crippen LogP contribution is -2.38. The van der Waals surface area contributed by atoms with E-state index in [2.05, 4.69) is 10.6 Å². The summed E-state index contributed by atoms with van der Waals surface area (Å²) >= 11 is 0. The molecule has 1 unspecified atom stereocenters. The van der Waals surface area contributed by atoms with E-state index in [1.54, 1.807) is 0 Å². The standard InChI is InChI=1S/C19H23N3O3/c20-10-14(19(23)22-15-6-2-1-3-7-15)11-21-12-16-13-24-17-8-4-5-9-18(17)25-16/h4-5,8-9,11,15-16,21H,1-3,6-7,12-13H2,(H,22,23)/b14-11-. The maximum Gasteiger partial charge on any atom is 0.263 e. The van der Waals surface area contributed by atoms with Crippen LogP contribution in [0.5, 0.6) is 11.5 Å². The minimum absolute atomic E-state index is 0.0858. The number of hydrogen-bond acceptors (Lipinski definition) is 5. The third-order valence-electron chi connectivity index (χ3n) is 4.46. The van der Waals surface area contributed by atoms with Gasteiger partial charge in [0.1, 0.15) is 24.4 Å². The molecule has 2 N–H and O–H groups in total. The van der Waals surface area contributed by atoms with Gasteiger partial charge in [0, 0.05) is 12.2 Å². The topological polar surface area (TPSA) is 83.4 Å². The Bertz CT molecular complexity index is 675. The molecule has 1 aliphatic heterocycles. The van der Waals surface area contributed by atoms with Gasteiger partial charge in [-0.2, -0.15) is 5.26 Å². The highest BCUT2D eigenvalue weighted by atomic mass is 16.6. The molecule has 25 heavy (non-hydrogen) atoms. The minimum atomic E-state index is -0.312. The molecule has 3 rings (SSSR count). The van der Waals surface area contributed by atoms with E-state index in [1.165, 1.54) is 12.6 Å². The molecule has 1 atom stereocenters. The van der Waals surface area contributed by atoms with E-state index in [0.717, 1.165) is 31.4 Å². The van der Waals surface area contributed by atoms with Crippen molar-refractivity contribution in [2.24, 2.45) is 0 Å². The van der Waals surface area contributed by atoms with Gasteiger partial charge >= 0.3 is 0 Å². The second-order valence-corrected chi connectivity index (χ2v) is 6.38. The average Bonchev–Trinajstić information content (AvgIpc) is 2.66. The molecule has 6 heteroatoms. The van der Waals surface area contributed by atoms with Gasteiger partial charge in [-0.25, -0.2) is 0 Å². The van der Waals surface area contributed by atoms with Gasteiger partial charge in [0.25, 0.3) is 5.91 Å².